The Balaban J connectivity index is 2.64. The second-order valence-electron chi connectivity index (χ2n) is 1.83. The van der Waals surface area contributed by atoms with E-state index >= 15 is 0 Å². The van der Waals surface area contributed by atoms with Gasteiger partial charge in [-0.25, -0.2) is 0 Å². The number of hydrogen-bond acceptors (Lipinski definition) is 3. The zero-order valence-corrected chi connectivity index (χ0v) is 4.84. The summed E-state index contributed by atoms with van der Waals surface area (Å²) in [4.78, 5) is 0. The second-order valence-corrected chi connectivity index (χ2v) is 1.83. The predicted octanol–water partition coefficient (Wildman–Crippen LogP) is 0.516. The first-order valence-electron chi connectivity index (χ1n) is 2.58. The molecule has 1 rings (SSSR count). The van der Waals surface area contributed by atoms with Crippen LogP contribution in [0.4, 0.5) is 13.2 Å². The van der Waals surface area contributed by atoms with E-state index in [0.717, 1.165) is 6.21 Å². The van der Waals surface area contributed by atoms with Gasteiger partial charge in [-0.05, 0) is 0 Å². The van der Waals surface area contributed by atoms with Crippen molar-refractivity contribution in [1.82, 2.24) is 5.01 Å². The molecule has 1 atom stereocenters. The van der Waals surface area contributed by atoms with Crippen LogP contribution >= 0.6 is 0 Å². The largest absolute Gasteiger partial charge is 0.502 e. The van der Waals surface area contributed by atoms with Crippen molar-refractivity contribution in [3.05, 3.63) is 0 Å². The van der Waals surface area contributed by atoms with E-state index in [2.05, 4.69) is 5.10 Å². The minimum absolute atomic E-state index is 0.0699. The highest BCUT2D eigenvalue weighted by Gasteiger charge is 2.42. The maximum Gasteiger partial charge on any atom is 0.502 e. The van der Waals surface area contributed by atoms with Crippen molar-refractivity contribution in [2.45, 2.75) is 18.9 Å². The molecule has 3 nitrogen and oxygen atoms in total. The molecule has 0 fully saturated rings. The van der Waals surface area contributed by atoms with Crippen molar-refractivity contribution in [1.29, 1.82) is 0 Å². The van der Waals surface area contributed by atoms with Gasteiger partial charge < -0.3 is 5.11 Å². The van der Waals surface area contributed by atoms with Crippen LogP contribution in [-0.4, -0.2) is 28.9 Å². The van der Waals surface area contributed by atoms with Crippen LogP contribution in [0.2, 0.25) is 0 Å². The van der Waals surface area contributed by atoms with Crippen LogP contribution in [-0.2, 0) is 0 Å². The van der Waals surface area contributed by atoms with Crippen molar-refractivity contribution in [3.63, 3.8) is 0 Å². The van der Waals surface area contributed by atoms with Crippen LogP contribution in [0.25, 0.3) is 0 Å². The summed E-state index contributed by atoms with van der Waals surface area (Å²) in [6, 6.07) is 0. The average Bonchev–Trinajstić information content (AvgIpc) is 2.11. The van der Waals surface area contributed by atoms with Gasteiger partial charge in [0, 0.05) is 12.6 Å². The molecule has 6 heteroatoms. The Hall–Kier alpha value is -0.780. The van der Waals surface area contributed by atoms with E-state index < -0.39 is 12.5 Å². The third kappa shape index (κ3) is 1.21. The number of aliphatic hydroxyl groups excluding tert-OH is 1. The first-order valence-corrected chi connectivity index (χ1v) is 2.58. The van der Waals surface area contributed by atoms with Crippen LogP contribution in [0.3, 0.4) is 0 Å². The number of halogens is 3. The molecule has 0 aliphatic carbocycles. The Kier molecular flexibility index (Phi) is 1.55. The lowest BCUT2D eigenvalue weighted by Crippen LogP contribution is -2.38. The molecule has 0 saturated carbocycles. The van der Waals surface area contributed by atoms with Crippen LogP contribution < -0.4 is 0 Å². The first kappa shape index (κ1) is 7.33. The molecule has 1 heterocycles. The summed E-state index contributed by atoms with van der Waals surface area (Å²) >= 11 is 0. The molecule has 0 radical (unpaired) electrons. The van der Waals surface area contributed by atoms with E-state index in [4.69, 9.17) is 5.11 Å². The van der Waals surface area contributed by atoms with Crippen LogP contribution in [0.15, 0.2) is 5.10 Å². The van der Waals surface area contributed by atoms with Gasteiger partial charge in [0.2, 0.25) is 0 Å². The summed E-state index contributed by atoms with van der Waals surface area (Å²) in [5.74, 6) is 0. The predicted molar refractivity (Wildman–Crippen MR) is 27.0 cm³/mol. The van der Waals surface area contributed by atoms with Crippen molar-refractivity contribution in [2.75, 3.05) is 0 Å². The molecule has 0 spiro atoms. The van der Waals surface area contributed by atoms with E-state index in [1.165, 1.54) is 0 Å². The lowest BCUT2D eigenvalue weighted by atomic mass is 10.4. The minimum Gasteiger partial charge on any atom is -0.371 e. The van der Waals surface area contributed by atoms with E-state index in [-0.39, 0.29) is 11.4 Å². The number of rotatable bonds is 0. The molecule has 1 aliphatic heterocycles. The second kappa shape index (κ2) is 2.12. The Morgan fingerprint density at radius 2 is 2.20 bits per heavy atom. The molecule has 0 amide bonds. The highest BCUT2D eigenvalue weighted by Crippen LogP contribution is 2.26. The fraction of sp³-hybridized carbons (Fsp3) is 0.750. The van der Waals surface area contributed by atoms with Gasteiger partial charge in [0.05, 0.1) is 0 Å². The first-order chi connectivity index (χ1) is 4.52. The molecule has 58 valence electrons. The Labute approximate surface area is 54.7 Å². The number of hydrazone groups is 1. The van der Waals surface area contributed by atoms with Crippen molar-refractivity contribution < 1.29 is 18.3 Å². The van der Waals surface area contributed by atoms with Gasteiger partial charge in [0.25, 0.3) is 0 Å². The van der Waals surface area contributed by atoms with Gasteiger partial charge in [0.1, 0.15) is 0 Å². The zero-order chi connectivity index (χ0) is 7.78. The average molecular weight is 154 g/mol. The lowest BCUT2D eigenvalue weighted by Gasteiger charge is -2.20. The number of aliphatic hydroxyl groups is 1. The van der Waals surface area contributed by atoms with Crippen LogP contribution in [0.1, 0.15) is 6.42 Å². The maximum atomic E-state index is 11.7. The molecule has 0 saturated heterocycles. The summed E-state index contributed by atoms with van der Waals surface area (Å²) in [7, 11) is 0. The van der Waals surface area contributed by atoms with Crippen LogP contribution in [0.5, 0.6) is 0 Å². The minimum atomic E-state index is -4.56. The Morgan fingerprint density at radius 1 is 1.60 bits per heavy atom. The molecule has 1 unspecified atom stereocenters. The van der Waals surface area contributed by atoms with Gasteiger partial charge in [-0.1, -0.05) is 0 Å². The van der Waals surface area contributed by atoms with Crippen molar-refractivity contribution in [3.8, 4) is 0 Å². The summed E-state index contributed by atoms with van der Waals surface area (Å²) in [6.07, 6.45) is -5.15. The summed E-state index contributed by atoms with van der Waals surface area (Å²) in [5, 5.41) is 11.2. The third-order valence-electron chi connectivity index (χ3n) is 1.06. The number of nitrogens with zero attached hydrogens (tertiary/aromatic N) is 2. The van der Waals surface area contributed by atoms with E-state index in [1.807, 2.05) is 0 Å². The zero-order valence-electron chi connectivity index (χ0n) is 4.84. The monoisotopic (exact) mass is 154 g/mol. The standard InChI is InChI=1S/C4H5F3N2O/c5-4(6,7)9-3(10)1-2-8-9/h2-3,10H,1H2. The molecule has 1 aliphatic rings. The Bertz CT molecular complexity index is 155. The van der Waals surface area contributed by atoms with Gasteiger partial charge in [-0.3, -0.25) is 0 Å². The SMILES string of the molecule is OC1CC=NN1C(F)(F)F. The molecule has 0 bridgehead atoms. The molecular formula is C4H5F3N2O. The highest BCUT2D eigenvalue weighted by molar-refractivity contribution is 5.59. The van der Waals surface area contributed by atoms with Gasteiger partial charge >= 0.3 is 6.30 Å². The third-order valence-corrected chi connectivity index (χ3v) is 1.06. The summed E-state index contributed by atoms with van der Waals surface area (Å²) in [5.41, 5.74) is 0. The van der Waals surface area contributed by atoms with Crippen molar-refractivity contribution >= 4 is 6.21 Å². The van der Waals surface area contributed by atoms with E-state index in [9.17, 15) is 13.2 Å². The molecular weight excluding hydrogens is 149 g/mol. The topological polar surface area (TPSA) is 35.8 Å². The molecule has 1 N–H and O–H groups in total. The maximum absolute atomic E-state index is 11.7. The molecule has 0 aromatic rings. The van der Waals surface area contributed by atoms with Gasteiger partial charge in [-0.2, -0.15) is 10.1 Å². The van der Waals surface area contributed by atoms with Gasteiger partial charge in [-0.15, -0.1) is 13.2 Å². The Morgan fingerprint density at radius 3 is 2.40 bits per heavy atom. The highest BCUT2D eigenvalue weighted by atomic mass is 19.4. The lowest BCUT2D eigenvalue weighted by molar-refractivity contribution is -0.278. The fourth-order valence-electron chi connectivity index (χ4n) is 0.641. The number of alkyl halides is 3. The van der Waals surface area contributed by atoms with E-state index in [1.54, 1.807) is 0 Å². The quantitative estimate of drug-likeness (QED) is 0.516. The summed E-state index contributed by atoms with van der Waals surface area (Å²) in [6.45, 7) is 0. The molecule has 0 aromatic carbocycles. The van der Waals surface area contributed by atoms with Crippen LogP contribution in [0, 0.1) is 0 Å². The van der Waals surface area contributed by atoms with Crippen molar-refractivity contribution in [2.24, 2.45) is 5.10 Å². The van der Waals surface area contributed by atoms with E-state index in [0.29, 0.717) is 0 Å². The summed E-state index contributed by atoms with van der Waals surface area (Å²) < 4.78 is 35.0. The fourth-order valence-corrected chi connectivity index (χ4v) is 0.641. The molecule has 10 heavy (non-hydrogen) atoms. The number of hydrogen-bond donors (Lipinski definition) is 1. The molecule has 0 aromatic heterocycles. The van der Waals surface area contributed by atoms with Gasteiger partial charge in [0.15, 0.2) is 6.23 Å². The normalized spacial score (nSPS) is 26.0. The smallest absolute Gasteiger partial charge is 0.371 e.